The summed E-state index contributed by atoms with van der Waals surface area (Å²) in [6.07, 6.45) is 0. The summed E-state index contributed by atoms with van der Waals surface area (Å²) >= 11 is 7.24. The second kappa shape index (κ2) is 9.06. The molecular formula is C20H20ClN3O2S. The van der Waals surface area contributed by atoms with Crippen molar-refractivity contribution in [2.45, 2.75) is 32.2 Å². The number of ether oxygens (including phenoxy) is 1. The van der Waals surface area contributed by atoms with Gasteiger partial charge in [0, 0.05) is 17.1 Å². The number of thioether (sulfide) groups is 1. The average molecular weight is 402 g/mol. The first-order chi connectivity index (χ1) is 13.1. The number of Topliss-reactive ketones (excluding diaryl/α,β-unsaturated/α-hetero) is 1. The van der Waals surface area contributed by atoms with Crippen molar-refractivity contribution in [1.82, 2.24) is 14.8 Å². The Kier molecular flexibility index (Phi) is 6.53. The molecule has 0 aliphatic rings. The Labute approximate surface area is 167 Å². The van der Waals surface area contributed by atoms with Crippen LogP contribution >= 0.6 is 23.4 Å². The van der Waals surface area contributed by atoms with Gasteiger partial charge in [0.25, 0.3) is 0 Å². The molecule has 0 unspecified atom stereocenters. The van der Waals surface area contributed by atoms with Gasteiger partial charge in [0.15, 0.2) is 16.8 Å². The van der Waals surface area contributed by atoms with Crippen LogP contribution in [0.3, 0.4) is 0 Å². The maximum atomic E-state index is 12.3. The Hall–Kier alpha value is -2.31. The molecule has 3 rings (SSSR count). The minimum absolute atomic E-state index is 0.0276. The number of halogens is 1. The fourth-order valence-corrected chi connectivity index (χ4v) is 3.52. The second-order valence-corrected chi connectivity index (χ2v) is 7.34. The third-order valence-corrected chi connectivity index (χ3v) is 5.22. The SMILES string of the molecule is CCn1c(COc2ccc(C)cc2)nnc1SCC(=O)c1ccc(Cl)cc1. The molecular weight excluding hydrogens is 382 g/mol. The first-order valence-electron chi connectivity index (χ1n) is 8.60. The summed E-state index contributed by atoms with van der Waals surface area (Å²) in [7, 11) is 0. The number of aromatic nitrogens is 3. The molecule has 2 aromatic carbocycles. The molecule has 1 aromatic heterocycles. The van der Waals surface area contributed by atoms with Crippen LogP contribution in [0, 0.1) is 6.92 Å². The molecule has 5 nitrogen and oxygen atoms in total. The lowest BCUT2D eigenvalue weighted by Gasteiger charge is -2.09. The Balaban J connectivity index is 1.62. The van der Waals surface area contributed by atoms with Crippen LogP contribution in [0.25, 0.3) is 0 Å². The Morgan fingerprint density at radius 3 is 2.48 bits per heavy atom. The lowest BCUT2D eigenvalue weighted by molar-refractivity contribution is 0.102. The minimum Gasteiger partial charge on any atom is -0.486 e. The molecule has 7 heteroatoms. The Morgan fingerprint density at radius 2 is 1.81 bits per heavy atom. The van der Waals surface area contributed by atoms with Crippen molar-refractivity contribution >= 4 is 29.1 Å². The van der Waals surface area contributed by atoms with Gasteiger partial charge >= 0.3 is 0 Å². The quantitative estimate of drug-likeness (QED) is 0.400. The number of carbonyl (C=O) groups is 1. The van der Waals surface area contributed by atoms with Gasteiger partial charge in [0.2, 0.25) is 0 Å². The van der Waals surface area contributed by atoms with E-state index >= 15 is 0 Å². The van der Waals surface area contributed by atoms with Crippen LogP contribution in [0.4, 0.5) is 0 Å². The van der Waals surface area contributed by atoms with E-state index < -0.39 is 0 Å². The molecule has 3 aromatic rings. The van der Waals surface area contributed by atoms with Crippen molar-refractivity contribution in [2.24, 2.45) is 0 Å². The number of ketones is 1. The Morgan fingerprint density at radius 1 is 1.11 bits per heavy atom. The van der Waals surface area contributed by atoms with Gasteiger partial charge < -0.3 is 9.30 Å². The van der Waals surface area contributed by atoms with Gasteiger partial charge in [-0.15, -0.1) is 10.2 Å². The third kappa shape index (κ3) is 5.11. The maximum absolute atomic E-state index is 12.3. The zero-order valence-corrected chi connectivity index (χ0v) is 16.8. The van der Waals surface area contributed by atoms with Crippen LogP contribution in [0.15, 0.2) is 53.7 Å². The molecule has 0 amide bonds. The number of nitrogens with zero attached hydrogens (tertiary/aromatic N) is 3. The lowest BCUT2D eigenvalue weighted by atomic mass is 10.1. The molecule has 0 atom stereocenters. The van der Waals surface area contributed by atoms with Crippen molar-refractivity contribution in [1.29, 1.82) is 0 Å². The summed E-state index contributed by atoms with van der Waals surface area (Å²) in [5, 5.41) is 9.76. The number of rotatable bonds is 8. The molecule has 0 fully saturated rings. The van der Waals surface area contributed by atoms with Crippen molar-refractivity contribution < 1.29 is 9.53 Å². The minimum atomic E-state index is 0.0276. The smallest absolute Gasteiger partial charge is 0.191 e. The van der Waals surface area contributed by atoms with Crippen molar-refractivity contribution in [3.05, 3.63) is 70.5 Å². The topological polar surface area (TPSA) is 57.0 Å². The molecule has 140 valence electrons. The molecule has 0 radical (unpaired) electrons. The highest BCUT2D eigenvalue weighted by molar-refractivity contribution is 7.99. The van der Waals surface area contributed by atoms with Gasteiger partial charge in [-0.2, -0.15) is 0 Å². The molecule has 0 saturated heterocycles. The summed E-state index contributed by atoms with van der Waals surface area (Å²) in [5.74, 6) is 1.84. The van der Waals surface area contributed by atoms with Gasteiger partial charge in [-0.1, -0.05) is 41.1 Å². The van der Waals surface area contributed by atoms with Crippen molar-refractivity contribution in [2.75, 3.05) is 5.75 Å². The first-order valence-corrected chi connectivity index (χ1v) is 9.96. The van der Waals surface area contributed by atoms with E-state index in [-0.39, 0.29) is 5.78 Å². The molecule has 0 spiro atoms. The first kappa shape index (κ1) is 19.5. The van der Waals surface area contributed by atoms with E-state index in [1.807, 2.05) is 42.7 Å². The highest BCUT2D eigenvalue weighted by Gasteiger charge is 2.14. The summed E-state index contributed by atoms with van der Waals surface area (Å²) < 4.78 is 7.76. The molecule has 0 N–H and O–H groups in total. The summed E-state index contributed by atoms with van der Waals surface area (Å²) in [5.41, 5.74) is 1.82. The maximum Gasteiger partial charge on any atom is 0.191 e. The van der Waals surface area contributed by atoms with Crippen LogP contribution in [-0.2, 0) is 13.2 Å². The largest absolute Gasteiger partial charge is 0.486 e. The van der Waals surface area contributed by atoms with E-state index in [2.05, 4.69) is 10.2 Å². The van der Waals surface area contributed by atoms with Gasteiger partial charge in [-0.3, -0.25) is 4.79 Å². The molecule has 0 saturated carbocycles. The molecule has 0 aliphatic heterocycles. The van der Waals surface area contributed by atoms with E-state index in [1.165, 1.54) is 17.3 Å². The van der Waals surface area contributed by atoms with Crippen LogP contribution in [0.1, 0.15) is 28.7 Å². The van der Waals surface area contributed by atoms with Crippen molar-refractivity contribution in [3.8, 4) is 5.75 Å². The molecule has 27 heavy (non-hydrogen) atoms. The average Bonchev–Trinajstić information content (AvgIpc) is 3.08. The number of aryl methyl sites for hydroxylation is 1. The molecule has 0 aliphatic carbocycles. The predicted molar refractivity (Wildman–Crippen MR) is 108 cm³/mol. The number of hydrogen-bond donors (Lipinski definition) is 0. The normalized spacial score (nSPS) is 10.8. The van der Waals surface area contributed by atoms with E-state index in [0.717, 1.165) is 11.6 Å². The lowest BCUT2D eigenvalue weighted by Crippen LogP contribution is -2.08. The van der Waals surface area contributed by atoms with Gasteiger partial charge in [-0.05, 0) is 50.2 Å². The van der Waals surface area contributed by atoms with E-state index in [0.29, 0.717) is 34.6 Å². The summed E-state index contributed by atoms with van der Waals surface area (Å²) in [6.45, 7) is 5.09. The van der Waals surface area contributed by atoms with E-state index in [1.54, 1.807) is 24.3 Å². The zero-order chi connectivity index (χ0) is 19.2. The van der Waals surface area contributed by atoms with Crippen LogP contribution in [-0.4, -0.2) is 26.3 Å². The van der Waals surface area contributed by atoms with Crippen LogP contribution in [0.5, 0.6) is 5.75 Å². The predicted octanol–water partition coefficient (Wildman–Crippen LogP) is 4.81. The number of benzene rings is 2. The Bertz CT molecular complexity index is 908. The molecule has 1 heterocycles. The zero-order valence-electron chi connectivity index (χ0n) is 15.2. The van der Waals surface area contributed by atoms with Crippen LogP contribution in [0.2, 0.25) is 5.02 Å². The fourth-order valence-electron chi connectivity index (χ4n) is 2.48. The summed E-state index contributed by atoms with van der Waals surface area (Å²) in [4.78, 5) is 12.3. The highest BCUT2D eigenvalue weighted by Crippen LogP contribution is 2.20. The fraction of sp³-hybridized carbons (Fsp3) is 0.250. The van der Waals surface area contributed by atoms with Gasteiger partial charge in [-0.25, -0.2) is 0 Å². The number of hydrogen-bond acceptors (Lipinski definition) is 5. The highest BCUT2D eigenvalue weighted by atomic mass is 35.5. The molecule has 0 bridgehead atoms. The standard InChI is InChI=1S/C20H20ClN3O2S/c1-3-24-19(12-26-17-10-4-14(2)5-11-17)22-23-20(24)27-13-18(25)15-6-8-16(21)9-7-15/h4-11H,3,12-13H2,1-2H3. The van der Waals surface area contributed by atoms with Crippen molar-refractivity contribution in [3.63, 3.8) is 0 Å². The van der Waals surface area contributed by atoms with Gasteiger partial charge in [0.05, 0.1) is 5.75 Å². The summed E-state index contributed by atoms with van der Waals surface area (Å²) in [6, 6.07) is 14.8. The second-order valence-electron chi connectivity index (χ2n) is 5.96. The van der Waals surface area contributed by atoms with E-state index in [9.17, 15) is 4.79 Å². The van der Waals surface area contributed by atoms with E-state index in [4.69, 9.17) is 16.3 Å². The monoisotopic (exact) mass is 401 g/mol. The third-order valence-electron chi connectivity index (χ3n) is 4.00. The number of carbonyl (C=O) groups excluding carboxylic acids is 1. The van der Waals surface area contributed by atoms with Crippen LogP contribution < -0.4 is 4.74 Å². The van der Waals surface area contributed by atoms with Gasteiger partial charge in [0.1, 0.15) is 12.4 Å².